The number of allylic oxidation sites excluding steroid dienone is 3. The quantitative estimate of drug-likeness (QED) is 0.644. The van der Waals surface area contributed by atoms with Gasteiger partial charge >= 0.3 is 6.03 Å². The van der Waals surface area contributed by atoms with Crippen LogP contribution < -0.4 is 10.6 Å². The Balaban J connectivity index is 1.40. The van der Waals surface area contributed by atoms with Gasteiger partial charge in [-0.3, -0.25) is 19.3 Å². The van der Waals surface area contributed by atoms with Crippen LogP contribution in [0.2, 0.25) is 0 Å². The van der Waals surface area contributed by atoms with Gasteiger partial charge in [-0.05, 0) is 37.1 Å². The second-order valence-electron chi connectivity index (χ2n) is 7.15. The third-order valence-electron chi connectivity index (χ3n) is 4.74. The molecule has 1 heterocycles. The average molecular weight is 408 g/mol. The first-order valence-corrected chi connectivity index (χ1v) is 9.90. The van der Waals surface area contributed by atoms with Crippen molar-refractivity contribution in [3.05, 3.63) is 48.6 Å². The summed E-state index contributed by atoms with van der Waals surface area (Å²) in [6, 6.07) is 6.41. The zero-order valence-corrected chi connectivity index (χ0v) is 16.8. The van der Waals surface area contributed by atoms with E-state index in [1.807, 2.05) is 0 Å². The van der Waals surface area contributed by atoms with Crippen molar-refractivity contribution >= 4 is 40.8 Å². The lowest BCUT2D eigenvalue weighted by Crippen LogP contribution is -2.46. The van der Waals surface area contributed by atoms with E-state index in [1.54, 1.807) is 48.6 Å². The number of amides is 5. The molecule has 0 saturated heterocycles. The maximum absolute atomic E-state index is 12.5. The van der Waals surface area contributed by atoms with Gasteiger partial charge in [-0.15, -0.1) is 0 Å². The number of carbonyl (C=O) groups is 4. The van der Waals surface area contributed by atoms with Gasteiger partial charge in [-0.2, -0.15) is 4.99 Å². The Morgan fingerprint density at radius 1 is 1.07 bits per heavy atom. The Labute approximate surface area is 174 Å². The fourth-order valence-corrected chi connectivity index (χ4v) is 3.32. The SMILES string of the molecule is CC(=O)Nc1cccc(NC(=O)CCCCCN2C(=O)N=C3C=CC=CC3C2=O)c1. The summed E-state index contributed by atoms with van der Waals surface area (Å²) in [5.74, 6) is -1.04. The summed E-state index contributed by atoms with van der Waals surface area (Å²) >= 11 is 0. The fraction of sp³-hybridized carbons (Fsp3) is 0.318. The van der Waals surface area contributed by atoms with Crippen molar-refractivity contribution in [2.45, 2.75) is 32.6 Å². The molecule has 30 heavy (non-hydrogen) atoms. The number of hydrogen-bond donors (Lipinski definition) is 2. The molecule has 1 aliphatic heterocycles. The van der Waals surface area contributed by atoms with Crippen LogP contribution in [0.1, 0.15) is 32.6 Å². The molecule has 0 saturated carbocycles. The molecule has 3 rings (SSSR count). The van der Waals surface area contributed by atoms with Crippen LogP contribution in [0.25, 0.3) is 0 Å². The third kappa shape index (κ3) is 5.50. The molecule has 2 aliphatic rings. The molecule has 2 N–H and O–H groups in total. The number of unbranched alkanes of at least 4 members (excludes halogenated alkanes) is 2. The largest absolute Gasteiger partial charge is 0.350 e. The van der Waals surface area contributed by atoms with Gasteiger partial charge in [0.2, 0.25) is 17.7 Å². The van der Waals surface area contributed by atoms with Crippen LogP contribution >= 0.6 is 0 Å². The molecule has 1 aromatic rings. The lowest BCUT2D eigenvalue weighted by Gasteiger charge is -2.28. The molecule has 1 aromatic carbocycles. The number of carbonyl (C=O) groups excluding carboxylic acids is 4. The van der Waals surface area contributed by atoms with Crippen LogP contribution in [-0.4, -0.2) is 40.9 Å². The van der Waals surface area contributed by atoms with Gasteiger partial charge in [0.15, 0.2) is 0 Å². The zero-order chi connectivity index (χ0) is 21.5. The molecule has 8 heteroatoms. The lowest BCUT2D eigenvalue weighted by atomic mass is 9.95. The zero-order valence-electron chi connectivity index (χ0n) is 16.8. The Morgan fingerprint density at radius 2 is 1.83 bits per heavy atom. The second-order valence-corrected chi connectivity index (χ2v) is 7.15. The standard InChI is InChI=1S/C22H24N4O4/c1-15(27)23-16-8-7-9-17(14-16)24-20(28)12-3-2-6-13-26-21(29)18-10-4-5-11-19(18)25-22(26)30/h4-5,7-11,14,18H,2-3,6,12-13H2,1H3,(H,23,27)(H,24,28). The summed E-state index contributed by atoms with van der Waals surface area (Å²) < 4.78 is 0. The predicted octanol–water partition coefficient (Wildman–Crippen LogP) is 3.29. The van der Waals surface area contributed by atoms with Crippen molar-refractivity contribution in [2.75, 3.05) is 17.2 Å². The lowest BCUT2D eigenvalue weighted by molar-refractivity contribution is -0.129. The average Bonchev–Trinajstić information content (AvgIpc) is 2.69. The minimum atomic E-state index is -0.525. The van der Waals surface area contributed by atoms with Crippen LogP contribution in [0, 0.1) is 5.92 Å². The molecule has 156 valence electrons. The highest BCUT2D eigenvalue weighted by Crippen LogP contribution is 2.20. The van der Waals surface area contributed by atoms with E-state index in [4.69, 9.17) is 0 Å². The molecular weight excluding hydrogens is 384 g/mol. The summed E-state index contributed by atoms with van der Waals surface area (Å²) in [6.45, 7) is 1.72. The number of benzene rings is 1. The van der Waals surface area contributed by atoms with Crippen LogP contribution in [0.3, 0.4) is 0 Å². The summed E-state index contributed by atoms with van der Waals surface area (Å²) in [7, 11) is 0. The summed E-state index contributed by atoms with van der Waals surface area (Å²) in [5, 5.41) is 5.47. The first kappa shape index (κ1) is 21.2. The molecule has 1 unspecified atom stereocenters. The number of nitrogens with zero attached hydrogens (tertiary/aromatic N) is 2. The van der Waals surface area contributed by atoms with E-state index in [0.717, 1.165) is 0 Å². The first-order chi connectivity index (χ1) is 14.4. The number of aliphatic imine (C=N–C) groups is 1. The van der Waals surface area contributed by atoms with E-state index in [0.29, 0.717) is 49.3 Å². The highest BCUT2D eigenvalue weighted by Gasteiger charge is 2.35. The van der Waals surface area contributed by atoms with E-state index in [1.165, 1.54) is 11.8 Å². The summed E-state index contributed by atoms with van der Waals surface area (Å²) in [4.78, 5) is 53.0. The molecule has 0 aromatic heterocycles. The molecule has 5 amide bonds. The van der Waals surface area contributed by atoms with Gasteiger partial charge < -0.3 is 10.6 Å². The number of nitrogens with one attached hydrogen (secondary N) is 2. The Kier molecular flexibility index (Phi) is 6.90. The van der Waals surface area contributed by atoms with Gasteiger partial charge in [0.25, 0.3) is 0 Å². The number of fused-ring (bicyclic) bond motifs is 1. The van der Waals surface area contributed by atoms with Crippen molar-refractivity contribution in [3.63, 3.8) is 0 Å². The Morgan fingerprint density at radius 3 is 2.60 bits per heavy atom. The first-order valence-electron chi connectivity index (χ1n) is 9.90. The van der Waals surface area contributed by atoms with E-state index in [9.17, 15) is 19.2 Å². The normalized spacial score (nSPS) is 17.4. The van der Waals surface area contributed by atoms with E-state index >= 15 is 0 Å². The number of urea groups is 1. The van der Waals surface area contributed by atoms with Gasteiger partial charge in [0.05, 0.1) is 11.6 Å². The molecule has 1 aliphatic carbocycles. The van der Waals surface area contributed by atoms with Gasteiger partial charge in [-0.25, -0.2) is 4.79 Å². The highest BCUT2D eigenvalue weighted by molar-refractivity contribution is 6.21. The van der Waals surface area contributed by atoms with Crippen LogP contribution in [-0.2, 0) is 14.4 Å². The Bertz CT molecular complexity index is 948. The molecule has 0 spiro atoms. The van der Waals surface area contributed by atoms with Crippen molar-refractivity contribution in [1.29, 1.82) is 0 Å². The predicted molar refractivity (Wildman–Crippen MR) is 114 cm³/mol. The minimum Gasteiger partial charge on any atom is -0.326 e. The van der Waals surface area contributed by atoms with E-state index in [-0.39, 0.29) is 17.7 Å². The van der Waals surface area contributed by atoms with Gasteiger partial charge in [0, 0.05) is 31.3 Å². The monoisotopic (exact) mass is 408 g/mol. The highest BCUT2D eigenvalue weighted by atomic mass is 16.2. The van der Waals surface area contributed by atoms with Crippen molar-refractivity contribution in [3.8, 4) is 0 Å². The maximum atomic E-state index is 12.5. The summed E-state index contributed by atoms with van der Waals surface area (Å²) in [6.07, 6.45) is 9.23. The fourth-order valence-electron chi connectivity index (χ4n) is 3.32. The van der Waals surface area contributed by atoms with Gasteiger partial charge in [-0.1, -0.05) is 30.7 Å². The number of rotatable bonds is 8. The molecule has 0 fully saturated rings. The van der Waals surface area contributed by atoms with Crippen molar-refractivity contribution < 1.29 is 19.2 Å². The van der Waals surface area contributed by atoms with Gasteiger partial charge in [0.1, 0.15) is 0 Å². The molecule has 0 bridgehead atoms. The van der Waals surface area contributed by atoms with E-state index in [2.05, 4.69) is 15.6 Å². The van der Waals surface area contributed by atoms with Crippen LogP contribution in [0.5, 0.6) is 0 Å². The molecule has 1 atom stereocenters. The number of anilines is 2. The van der Waals surface area contributed by atoms with E-state index < -0.39 is 11.9 Å². The van der Waals surface area contributed by atoms with Crippen molar-refractivity contribution in [1.82, 2.24) is 4.90 Å². The van der Waals surface area contributed by atoms with Crippen LogP contribution in [0.4, 0.5) is 16.2 Å². The molecule has 8 nitrogen and oxygen atoms in total. The van der Waals surface area contributed by atoms with Crippen molar-refractivity contribution in [2.24, 2.45) is 10.9 Å². The summed E-state index contributed by atoms with van der Waals surface area (Å²) in [5.41, 5.74) is 1.72. The molecular formula is C22H24N4O4. The van der Waals surface area contributed by atoms with Crippen LogP contribution in [0.15, 0.2) is 53.6 Å². The number of hydrogen-bond acceptors (Lipinski definition) is 4. The minimum absolute atomic E-state index is 0.131. The molecule has 0 radical (unpaired) electrons. The Hall–Kier alpha value is -3.55. The smallest absolute Gasteiger partial charge is 0.326 e. The number of imide groups is 1. The third-order valence-corrected chi connectivity index (χ3v) is 4.74. The topological polar surface area (TPSA) is 108 Å². The maximum Gasteiger partial charge on any atom is 0.350 e. The second kappa shape index (κ2) is 9.78.